The van der Waals surface area contributed by atoms with Crippen LogP contribution < -0.4 is 0 Å². The van der Waals surface area contributed by atoms with Crippen molar-refractivity contribution in [3.8, 4) is 0 Å². The third-order valence-electron chi connectivity index (χ3n) is 5.50. The molecule has 140 valence electrons. The molecule has 0 aromatic rings. The predicted molar refractivity (Wildman–Crippen MR) is 106 cm³/mol. The molecule has 2 unspecified atom stereocenters. The summed E-state index contributed by atoms with van der Waals surface area (Å²) < 4.78 is 0.957. The monoisotopic (exact) mass is 337 g/mol. The number of quaternary nitrogens is 1. The van der Waals surface area contributed by atoms with E-state index in [1.165, 1.54) is 64.2 Å². The molecule has 0 radical (unpaired) electrons. The molecule has 3 nitrogen and oxygen atoms in total. The van der Waals surface area contributed by atoms with Crippen molar-refractivity contribution in [1.29, 1.82) is 0 Å². The van der Waals surface area contributed by atoms with E-state index >= 15 is 0 Å². The van der Waals surface area contributed by atoms with Gasteiger partial charge in [-0.2, -0.15) is 0 Å². The normalized spacial score (nSPS) is 23.5. The van der Waals surface area contributed by atoms with Gasteiger partial charge >= 0.3 is 0 Å². The highest BCUT2D eigenvalue weighted by Crippen LogP contribution is 2.23. The highest BCUT2D eigenvalue weighted by Gasteiger charge is 2.36. The fourth-order valence-electron chi connectivity index (χ4n) is 3.75. The lowest BCUT2D eigenvalue weighted by Crippen LogP contribution is -2.53. The fourth-order valence-corrected chi connectivity index (χ4v) is 3.75. The Morgan fingerprint density at radius 3 is 2.33 bits per heavy atom. The Labute approximate surface area is 150 Å². The summed E-state index contributed by atoms with van der Waals surface area (Å²) >= 11 is 0. The van der Waals surface area contributed by atoms with Gasteiger partial charge in [0.2, 0.25) is 0 Å². The van der Waals surface area contributed by atoms with Crippen LogP contribution in [0.25, 0.3) is 0 Å². The SMILES string of the molecule is CCCCCCCCC/C=C/CCCC1N=CC[N+]1(CC)CCO. The summed E-state index contributed by atoms with van der Waals surface area (Å²) in [6.45, 7) is 7.67. The Bertz CT molecular complexity index is 354. The number of aliphatic imine (C=N–C) groups is 1. The van der Waals surface area contributed by atoms with Crippen LogP contribution in [-0.4, -0.2) is 48.2 Å². The Morgan fingerprint density at radius 2 is 1.67 bits per heavy atom. The maximum absolute atomic E-state index is 9.33. The van der Waals surface area contributed by atoms with Crippen molar-refractivity contribution in [1.82, 2.24) is 0 Å². The number of aliphatic hydroxyl groups is 1. The highest BCUT2D eigenvalue weighted by atomic mass is 16.3. The third-order valence-corrected chi connectivity index (χ3v) is 5.50. The first kappa shape index (κ1) is 21.4. The van der Waals surface area contributed by atoms with Crippen molar-refractivity contribution in [3.05, 3.63) is 12.2 Å². The lowest BCUT2D eigenvalue weighted by atomic mass is 10.1. The number of hydrogen-bond acceptors (Lipinski definition) is 2. The molecular formula is C21H41N2O+. The van der Waals surface area contributed by atoms with Crippen molar-refractivity contribution in [2.45, 2.75) is 90.6 Å². The molecule has 1 aliphatic rings. The predicted octanol–water partition coefficient (Wildman–Crippen LogP) is 5.09. The molecule has 1 rings (SSSR count). The lowest BCUT2D eigenvalue weighted by molar-refractivity contribution is -0.936. The second-order valence-corrected chi connectivity index (χ2v) is 7.29. The van der Waals surface area contributed by atoms with Gasteiger partial charge in [0.15, 0.2) is 6.17 Å². The topological polar surface area (TPSA) is 32.6 Å². The van der Waals surface area contributed by atoms with Crippen molar-refractivity contribution >= 4 is 6.21 Å². The van der Waals surface area contributed by atoms with Crippen LogP contribution in [-0.2, 0) is 0 Å². The van der Waals surface area contributed by atoms with Gasteiger partial charge in [-0.3, -0.25) is 4.48 Å². The number of likely N-dealkylation sites (N-methyl/N-ethyl adjacent to an activating group) is 1. The van der Waals surface area contributed by atoms with Crippen LogP contribution in [0.4, 0.5) is 0 Å². The summed E-state index contributed by atoms with van der Waals surface area (Å²) in [5, 5.41) is 9.33. The maximum atomic E-state index is 9.33. The van der Waals surface area contributed by atoms with Crippen LogP contribution >= 0.6 is 0 Å². The van der Waals surface area contributed by atoms with Crippen molar-refractivity contribution in [2.75, 3.05) is 26.2 Å². The largest absolute Gasteiger partial charge is 0.391 e. The number of unbranched alkanes of at least 4 members (excludes halogenated alkanes) is 8. The third kappa shape index (κ3) is 7.94. The van der Waals surface area contributed by atoms with Crippen LogP contribution in [0.15, 0.2) is 17.1 Å². The van der Waals surface area contributed by atoms with Crippen LogP contribution in [0.3, 0.4) is 0 Å². The maximum Gasteiger partial charge on any atom is 0.182 e. The van der Waals surface area contributed by atoms with Gasteiger partial charge in [-0.1, -0.05) is 57.6 Å². The molecule has 0 aliphatic carbocycles. The van der Waals surface area contributed by atoms with E-state index in [2.05, 4.69) is 37.2 Å². The first-order chi connectivity index (χ1) is 11.8. The van der Waals surface area contributed by atoms with E-state index in [1.54, 1.807) is 0 Å². The first-order valence-electron chi connectivity index (χ1n) is 10.4. The van der Waals surface area contributed by atoms with Gasteiger partial charge in [0.05, 0.1) is 19.4 Å². The molecule has 0 aromatic carbocycles. The van der Waals surface area contributed by atoms with Crippen LogP contribution in [0.5, 0.6) is 0 Å². The molecule has 0 spiro atoms. The molecule has 3 heteroatoms. The molecule has 24 heavy (non-hydrogen) atoms. The molecule has 1 heterocycles. The minimum atomic E-state index is 0.270. The Balaban J connectivity index is 2.03. The van der Waals surface area contributed by atoms with Gasteiger partial charge in [-0.25, -0.2) is 4.99 Å². The summed E-state index contributed by atoms with van der Waals surface area (Å²) in [6, 6.07) is 0. The second-order valence-electron chi connectivity index (χ2n) is 7.29. The zero-order valence-electron chi connectivity index (χ0n) is 16.3. The quantitative estimate of drug-likeness (QED) is 0.252. The van der Waals surface area contributed by atoms with Gasteiger partial charge in [0.25, 0.3) is 0 Å². The Kier molecular flexibility index (Phi) is 12.1. The fraction of sp³-hybridized carbons (Fsp3) is 0.857. The first-order valence-corrected chi connectivity index (χ1v) is 10.4. The van der Waals surface area contributed by atoms with E-state index < -0.39 is 0 Å². The van der Waals surface area contributed by atoms with Crippen LogP contribution in [0, 0.1) is 0 Å². The zero-order valence-corrected chi connectivity index (χ0v) is 16.3. The molecular weight excluding hydrogens is 296 g/mol. The molecule has 1 aliphatic heterocycles. The number of hydrogen-bond donors (Lipinski definition) is 1. The summed E-state index contributed by atoms with van der Waals surface area (Å²) in [7, 11) is 0. The summed E-state index contributed by atoms with van der Waals surface area (Å²) in [5.74, 6) is 0. The second kappa shape index (κ2) is 13.6. The van der Waals surface area contributed by atoms with Gasteiger partial charge in [0, 0.05) is 6.42 Å². The number of rotatable bonds is 15. The van der Waals surface area contributed by atoms with E-state index in [-0.39, 0.29) is 6.61 Å². The molecule has 0 bridgehead atoms. The molecule has 0 fully saturated rings. The average molecular weight is 338 g/mol. The van der Waals surface area contributed by atoms with E-state index in [1.807, 2.05) is 0 Å². The molecule has 0 saturated heterocycles. The van der Waals surface area contributed by atoms with E-state index in [0.29, 0.717) is 6.17 Å². The minimum Gasteiger partial charge on any atom is -0.391 e. The van der Waals surface area contributed by atoms with Gasteiger partial charge < -0.3 is 5.11 Å². The Morgan fingerprint density at radius 1 is 1.00 bits per heavy atom. The average Bonchev–Trinajstić information content (AvgIpc) is 2.99. The molecule has 0 saturated carbocycles. The zero-order chi connectivity index (χ0) is 17.5. The Hall–Kier alpha value is -0.670. The summed E-state index contributed by atoms with van der Waals surface area (Å²) in [5.41, 5.74) is 0. The van der Waals surface area contributed by atoms with E-state index in [9.17, 15) is 5.11 Å². The van der Waals surface area contributed by atoms with Gasteiger partial charge in [-0.15, -0.1) is 0 Å². The van der Waals surface area contributed by atoms with Crippen molar-refractivity contribution < 1.29 is 9.59 Å². The lowest BCUT2D eigenvalue weighted by Gasteiger charge is -2.37. The summed E-state index contributed by atoms with van der Waals surface area (Å²) in [4.78, 5) is 4.68. The standard InChI is InChI=1S/C21H41N2O/c1-3-5-6-7-8-9-10-11-12-13-14-15-16-21-22-17-18-23(21,4-2)19-20-24/h12-13,17,21,24H,3-11,14-16,18-20H2,1-2H3/q+1/b13-12+. The van der Waals surface area contributed by atoms with E-state index in [4.69, 9.17) is 0 Å². The number of nitrogens with zero attached hydrogens (tertiary/aromatic N) is 2. The van der Waals surface area contributed by atoms with Gasteiger partial charge in [0.1, 0.15) is 13.1 Å². The smallest absolute Gasteiger partial charge is 0.182 e. The van der Waals surface area contributed by atoms with Gasteiger partial charge in [-0.05, 0) is 32.6 Å². The van der Waals surface area contributed by atoms with Crippen LogP contribution in [0.1, 0.15) is 84.5 Å². The molecule has 0 amide bonds. The molecule has 0 aromatic heterocycles. The minimum absolute atomic E-state index is 0.270. The molecule has 1 N–H and O–H groups in total. The summed E-state index contributed by atoms with van der Waals surface area (Å²) in [6.07, 6.45) is 21.7. The van der Waals surface area contributed by atoms with Crippen molar-refractivity contribution in [2.24, 2.45) is 4.99 Å². The highest BCUT2D eigenvalue weighted by molar-refractivity contribution is 5.60. The number of aliphatic hydroxyl groups excluding tert-OH is 1. The van der Waals surface area contributed by atoms with Crippen molar-refractivity contribution in [3.63, 3.8) is 0 Å². The van der Waals surface area contributed by atoms with E-state index in [0.717, 1.165) is 30.5 Å². The number of allylic oxidation sites excluding steroid dienone is 2. The molecule has 2 atom stereocenters. The van der Waals surface area contributed by atoms with Crippen LogP contribution in [0.2, 0.25) is 0 Å².